The van der Waals surface area contributed by atoms with Crippen LogP contribution in [0.2, 0.25) is 0 Å². The normalized spacial score (nSPS) is 19.8. The first-order valence-corrected chi connectivity index (χ1v) is 11.0. The number of pyridine rings is 1. The highest BCUT2D eigenvalue weighted by molar-refractivity contribution is 5.79. The van der Waals surface area contributed by atoms with Gasteiger partial charge in [-0.05, 0) is 37.6 Å². The van der Waals surface area contributed by atoms with E-state index in [1.165, 1.54) is 0 Å². The molecule has 10 nitrogen and oxygen atoms in total. The maximum absolute atomic E-state index is 13.2. The van der Waals surface area contributed by atoms with E-state index in [1.54, 1.807) is 24.8 Å². The Balaban J connectivity index is 1.15. The summed E-state index contributed by atoms with van der Waals surface area (Å²) in [5.74, 6) is 2.11. The van der Waals surface area contributed by atoms with E-state index in [1.807, 2.05) is 23.1 Å². The zero-order valence-electron chi connectivity index (χ0n) is 17.9. The fraction of sp³-hybridized carbons (Fsp3) is 0.455. The molecule has 0 radical (unpaired) electrons. The topological polar surface area (TPSA) is 104 Å². The van der Waals surface area contributed by atoms with Gasteiger partial charge in [-0.3, -0.25) is 14.7 Å². The van der Waals surface area contributed by atoms with Gasteiger partial charge in [0.15, 0.2) is 0 Å². The quantitative estimate of drug-likeness (QED) is 0.590. The molecular weight excluding hydrogens is 408 g/mol. The number of nitrogens with zero attached hydrogens (tertiary/aromatic N) is 8. The summed E-state index contributed by atoms with van der Waals surface area (Å²) in [6, 6.07) is 5.52. The molecule has 10 heteroatoms. The molecule has 5 rings (SSSR count). The van der Waals surface area contributed by atoms with Gasteiger partial charge in [0, 0.05) is 63.1 Å². The van der Waals surface area contributed by atoms with Gasteiger partial charge in [-0.25, -0.2) is 9.97 Å². The van der Waals surface area contributed by atoms with Gasteiger partial charge in [-0.2, -0.15) is 4.98 Å². The lowest BCUT2D eigenvalue weighted by atomic mass is 9.96. The van der Waals surface area contributed by atoms with E-state index >= 15 is 0 Å². The highest BCUT2D eigenvalue weighted by atomic mass is 16.5. The van der Waals surface area contributed by atoms with Crippen molar-refractivity contribution >= 4 is 11.9 Å². The van der Waals surface area contributed by atoms with Gasteiger partial charge in [0.1, 0.15) is 0 Å². The number of anilines is 1. The van der Waals surface area contributed by atoms with Crippen LogP contribution in [0.15, 0.2) is 47.5 Å². The molecule has 0 bridgehead atoms. The Kier molecular flexibility index (Phi) is 6.02. The first-order chi connectivity index (χ1) is 15.8. The van der Waals surface area contributed by atoms with E-state index in [9.17, 15) is 4.79 Å². The minimum Gasteiger partial charge on any atom is -0.339 e. The van der Waals surface area contributed by atoms with Crippen LogP contribution in [0.25, 0.3) is 11.4 Å². The van der Waals surface area contributed by atoms with Crippen LogP contribution >= 0.6 is 0 Å². The van der Waals surface area contributed by atoms with E-state index in [-0.39, 0.29) is 11.8 Å². The molecule has 0 aromatic carbocycles. The molecule has 2 fully saturated rings. The monoisotopic (exact) mass is 434 g/mol. The van der Waals surface area contributed by atoms with Crippen molar-refractivity contribution in [3.63, 3.8) is 0 Å². The molecule has 0 N–H and O–H groups in total. The van der Waals surface area contributed by atoms with Crippen molar-refractivity contribution in [2.24, 2.45) is 5.92 Å². The van der Waals surface area contributed by atoms with Crippen LogP contribution in [0.1, 0.15) is 18.7 Å². The van der Waals surface area contributed by atoms with Crippen molar-refractivity contribution in [2.75, 3.05) is 44.2 Å². The lowest BCUT2D eigenvalue weighted by Gasteiger charge is -2.38. The summed E-state index contributed by atoms with van der Waals surface area (Å²) >= 11 is 0. The number of rotatable bonds is 5. The molecule has 2 aliphatic rings. The third kappa shape index (κ3) is 4.59. The Morgan fingerprint density at radius 2 is 1.81 bits per heavy atom. The molecule has 2 saturated heterocycles. The number of amides is 1. The molecule has 0 aliphatic carbocycles. The van der Waals surface area contributed by atoms with E-state index in [4.69, 9.17) is 4.52 Å². The number of aromatic nitrogens is 5. The van der Waals surface area contributed by atoms with Crippen LogP contribution in [0, 0.1) is 5.92 Å². The first kappa shape index (κ1) is 20.5. The van der Waals surface area contributed by atoms with Gasteiger partial charge in [0.2, 0.25) is 23.6 Å². The van der Waals surface area contributed by atoms with Crippen molar-refractivity contribution in [1.82, 2.24) is 34.9 Å². The third-order valence-electron chi connectivity index (χ3n) is 6.05. The van der Waals surface area contributed by atoms with E-state index in [0.29, 0.717) is 37.9 Å². The van der Waals surface area contributed by atoms with Gasteiger partial charge in [0.05, 0.1) is 12.5 Å². The van der Waals surface area contributed by atoms with Gasteiger partial charge >= 0.3 is 0 Å². The maximum Gasteiger partial charge on any atom is 0.241 e. The summed E-state index contributed by atoms with van der Waals surface area (Å²) in [4.78, 5) is 36.7. The number of carbonyl (C=O) groups excluding carboxylic acids is 1. The average molecular weight is 435 g/mol. The molecule has 166 valence electrons. The van der Waals surface area contributed by atoms with Crippen molar-refractivity contribution in [2.45, 2.75) is 19.4 Å². The van der Waals surface area contributed by atoms with Gasteiger partial charge in [0.25, 0.3) is 0 Å². The number of piperidine rings is 1. The third-order valence-corrected chi connectivity index (χ3v) is 6.05. The van der Waals surface area contributed by atoms with Crippen molar-refractivity contribution in [3.8, 4) is 11.4 Å². The predicted molar refractivity (Wildman–Crippen MR) is 116 cm³/mol. The SMILES string of the molecule is O=C([C@@H]1CCCN(Cc2nc(-c3ccncc3)no2)C1)N1CCN(c2ncccn2)CC1. The zero-order chi connectivity index (χ0) is 21.8. The summed E-state index contributed by atoms with van der Waals surface area (Å²) in [6.07, 6.45) is 8.82. The average Bonchev–Trinajstić information content (AvgIpc) is 3.33. The highest BCUT2D eigenvalue weighted by Gasteiger charge is 2.32. The van der Waals surface area contributed by atoms with Crippen molar-refractivity contribution in [1.29, 1.82) is 0 Å². The minimum atomic E-state index is 0.00543. The summed E-state index contributed by atoms with van der Waals surface area (Å²) in [6.45, 7) is 5.11. The predicted octanol–water partition coefficient (Wildman–Crippen LogP) is 1.48. The molecule has 3 aromatic rings. The maximum atomic E-state index is 13.2. The highest BCUT2D eigenvalue weighted by Crippen LogP contribution is 2.22. The molecule has 3 aromatic heterocycles. The first-order valence-electron chi connectivity index (χ1n) is 11.0. The Labute approximate surface area is 186 Å². The lowest BCUT2D eigenvalue weighted by molar-refractivity contribution is -0.137. The minimum absolute atomic E-state index is 0.00543. The summed E-state index contributed by atoms with van der Waals surface area (Å²) in [7, 11) is 0. The van der Waals surface area contributed by atoms with Crippen LogP contribution in [0.4, 0.5) is 5.95 Å². The molecule has 1 atom stereocenters. The largest absolute Gasteiger partial charge is 0.339 e. The van der Waals surface area contributed by atoms with Crippen LogP contribution in [0.5, 0.6) is 0 Å². The fourth-order valence-corrected chi connectivity index (χ4v) is 4.37. The van der Waals surface area contributed by atoms with Crippen molar-refractivity contribution < 1.29 is 9.32 Å². The second-order valence-corrected chi connectivity index (χ2v) is 8.18. The summed E-state index contributed by atoms with van der Waals surface area (Å²) in [5, 5.41) is 4.08. The van der Waals surface area contributed by atoms with Gasteiger partial charge in [-0.15, -0.1) is 0 Å². The molecule has 2 aliphatic heterocycles. The number of carbonyl (C=O) groups is 1. The molecule has 0 saturated carbocycles. The Morgan fingerprint density at radius 3 is 2.59 bits per heavy atom. The van der Waals surface area contributed by atoms with E-state index in [2.05, 4.69) is 34.9 Å². The van der Waals surface area contributed by atoms with E-state index in [0.717, 1.165) is 44.0 Å². The fourth-order valence-electron chi connectivity index (χ4n) is 4.37. The van der Waals surface area contributed by atoms with Crippen molar-refractivity contribution in [3.05, 3.63) is 48.9 Å². The van der Waals surface area contributed by atoms with Gasteiger partial charge in [-0.1, -0.05) is 5.16 Å². The Morgan fingerprint density at radius 1 is 1.03 bits per heavy atom. The molecule has 32 heavy (non-hydrogen) atoms. The lowest BCUT2D eigenvalue weighted by Crippen LogP contribution is -2.52. The smallest absolute Gasteiger partial charge is 0.241 e. The number of hydrogen-bond donors (Lipinski definition) is 0. The van der Waals surface area contributed by atoms with E-state index < -0.39 is 0 Å². The number of piperazine rings is 1. The second-order valence-electron chi connectivity index (χ2n) is 8.18. The summed E-state index contributed by atoms with van der Waals surface area (Å²) in [5.41, 5.74) is 0.877. The van der Waals surface area contributed by atoms with Crippen LogP contribution in [0.3, 0.4) is 0 Å². The molecule has 0 spiro atoms. The molecule has 5 heterocycles. The van der Waals surface area contributed by atoms with Crippen LogP contribution in [-0.4, -0.2) is 80.1 Å². The zero-order valence-corrected chi connectivity index (χ0v) is 17.9. The van der Waals surface area contributed by atoms with Crippen LogP contribution in [-0.2, 0) is 11.3 Å². The van der Waals surface area contributed by atoms with Crippen LogP contribution < -0.4 is 4.90 Å². The molecule has 0 unspecified atom stereocenters. The Hall–Kier alpha value is -3.40. The second kappa shape index (κ2) is 9.39. The number of likely N-dealkylation sites (tertiary alicyclic amines) is 1. The molecule has 1 amide bonds. The number of hydrogen-bond acceptors (Lipinski definition) is 9. The summed E-state index contributed by atoms with van der Waals surface area (Å²) < 4.78 is 5.45. The standard InChI is InChI=1S/C22H26N8O2/c31-21(29-11-13-30(14-12-29)22-24-6-2-7-25-22)18-3-1-10-28(15-18)16-19-26-20(27-32-19)17-4-8-23-9-5-17/h2,4-9,18H,1,3,10-16H2/t18-/m1/s1. The Bertz CT molecular complexity index is 1020. The van der Waals surface area contributed by atoms with Gasteiger partial charge < -0.3 is 14.3 Å². The molecular formula is C22H26N8O2.